The van der Waals surface area contributed by atoms with Crippen LogP contribution in [0, 0.1) is 21.7 Å². The Hall–Kier alpha value is 0. The summed E-state index contributed by atoms with van der Waals surface area (Å²) in [6, 6.07) is 0. The summed E-state index contributed by atoms with van der Waals surface area (Å²) >= 11 is 0. The van der Waals surface area contributed by atoms with Gasteiger partial charge >= 0.3 is 0 Å². The van der Waals surface area contributed by atoms with Crippen LogP contribution >= 0.6 is 0 Å². The summed E-state index contributed by atoms with van der Waals surface area (Å²) in [7, 11) is 0. The zero-order valence-corrected chi connectivity index (χ0v) is 12.2. The molecule has 2 fully saturated rings. The zero-order chi connectivity index (χ0) is 12.2. The molecule has 0 N–H and O–H groups in total. The number of hydrogen-bond acceptors (Lipinski definition) is 0. The van der Waals surface area contributed by atoms with Crippen molar-refractivity contribution in [1.82, 2.24) is 0 Å². The lowest BCUT2D eigenvalue weighted by Crippen LogP contribution is -2.57. The molecule has 94 valence electrons. The minimum absolute atomic E-state index is 0.485. The summed E-state index contributed by atoms with van der Waals surface area (Å²) in [6.45, 7) is 14.6. The monoisotopic (exact) mass is 222 g/mol. The third kappa shape index (κ3) is 1.93. The van der Waals surface area contributed by atoms with E-state index in [0.29, 0.717) is 16.2 Å². The van der Waals surface area contributed by atoms with Crippen LogP contribution in [0.25, 0.3) is 0 Å². The second kappa shape index (κ2) is 3.27. The van der Waals surface area contributed by atoms with Crippen molar-refractivity contribution in [3.63, 3.8) is 0 Å². The van der Waals surface area contributed by atoms with Crippen molar-refractivity contribution in [2.45, 2.75) is 80.1 Å². The van der Waals surface area contributed by atoms with Crippen molar-refractivity contribution in [2.75, 3.05) is 0 Å². The van der Waals surface area contributed by atoms with Crippen LogP contribution in [-0.2, 0) is 0 Å². The quantitative estimate of drug-likeness (QED) is 0.556. The van der Waals surface area contributed by atoms with Gasteiger partial charge in [0.1, 0.15) is 0 Å². The van der Waals surface area contributed by atoms with Crippen LogP contribution in [0.15, 0.2) is 0 Å². The Labute approximate surface area is 102 Å². The van der Waals surface area contributed by atoms with E-state index < -0.39 is 0 Å². The fourth-order valence-electron chi connectivity index (χ4n) is 4.35. The molecule has 1 spiro atoms. The third-order valence-electron chi connectivity index (χ3n) is 5.30. The first-order chi connectivity index (χ1) is 7.08. The SMILES string of the molecule is CC(C)(C)CC1(C(C)(C)C)CC2(CCC2)C1. The van der Waals surface area contributed by atoms with E-state index >= 15 is 0 Å². The van der Waals surface area contributed by atoms with Crippen LogP contribution < -0.4 is 0 Å². The molecule has 0 aromatic rings. The predicted octanol–water partition coefficient (Wildman–Crippen LogP) is 5.42. The van der Waals surface area contributed by atoms with Crippen LogP contribution in [0.3, 0.4) is 0 Å². The van der Waals surface area contributed by atoms with Crippen LogP contribution in [-0.4, -0.2) is 0 Å². The van der Waals surface area contributed by atoms with Crippen LogP contribution in [0.2, 0.25) is 0 Å². The zero-order valence-electron chi connectivity index (χ0n) is 12.2. The first kappa shape index (κ1) is 12.5. The molecule has 0 aliphatic heterocycles. The normalized spacial score (nSPS) is 27.4. The summed E-state index contributed by atoms with van der Waals surface area (Å²) in [6.07, 6.45) is 8.98. The minimum atomic E-state index is 0.485. The van der Waals surface area contributed by atoms with Crippen molar-refractivity contribution < 1.29 is 0 Å². The van der Waals surface area contributed by atoms with E-state index in [1.54, 1.807) is 0 Å². The highest BCUT2D eigenvalue weighted by molar-refractivity contribution is 5.11. The summed E-state index contributed by atoms with van der Waals surface area (Å²) in [5.41, 5.74) is 2.41. The van der Waals surface area contributed by atoms with Crippen LogP contribution in [0.1, 0.15) is 80.1 Å². The average molecular weight is 222 g/mol. The Bertz CT molecular complexity index is 259. The van der Waals surface area contributed by atoms with Crippen molar-refractivity contribution in [1.29, 1.82) is 0 Å². The molecule has 0 atom stereocenters. The largest absolute Gasteiger partial charge is 0.0602 e. The maximum absolute atomic E-state index is 2.46. The lowest BCUT2D eigenvalue weighted by atomic mass is 9.38. The summed E-state index contributed by atoms with van der Waals surface area (Å²) < 4.78 is 0. The highest BCUT2D eigenvalue weighted by Crippen LogP contribution is 2.72. The molecule has 2 aliphatic carbocycles. The molecule has 0 aromatic heterocycles. The van der Waals surface area contributed by atoms with Crippen molar-refractivity contribution in [3.05, 3.63) is 0 Å². The molecule has 16 heavy (non-hydrogen) atoms. The second-order valence-electron chi connectivity index (χ2n) is 8.97. The van der Waals surface area contributed by atoms with Gasteiger partial charge < -0.3 is 0 Å². The van der Waals surface area contributed by atoms with Crippen molar-refractivity contribution in [2.24, 2.45) is 21.7 Å². The van der Waals surface area contributed by atoms with E-state index in [0.717, 1.165) is 5.41 Å². The molecule has 0 nitrogen and oxygen atoms in total. The standard InChI is InChI=1S/C16H30/c1-13(2,3)10-16(14(4,5)6)11-15(12-16)8-7-9-15/h7-12H2,1-6H3. The van der Waals surface area contributed by atoms with Gasteiger partial charge in [-0.2, -0.15) is 0 Å². The smallest absolute Gasteiger partial charge is 0.0233 e. The molecule has 0 saturated heterocycles. The molecule has 2 rings (SSSR count). The molecular formula is C16H30. The molecule has 0 heterocycles. The lowest BCUT2D eigenvalue weighted by molar-refractivity contribution is -0.170. The van der Waals surface area contributed by atoms with E-state index in [1.807, 2.05) is 0 Å². The summed E-state index contributed by atoms with van der Waals surface area (Å²) in [5, 5.41) is 0. The lowest BCUT2D eigenvalue weighted by Gasteiger charge is -2.67. The molecule has 2 aliphatic rings. The van der Waals surface area contributed by atoms with Gasteiger partial charge in [0.05, 0.1) is 0 Å². The Kier molecular flexibility index (Phi) is 2.54. The van der Waals surface area contributed by atoms with Crippen LogP contribution in [0.5, 0.6) is 0 Å². The van der Waals surface area contributed by atoms with Gasteiger partial charge in [0, 0.05) is 0 Å². The highest BCUT2D eigenvalue weighted by Gasteiger charge is 2.61. The van der Waals surface area contributed by atoms with Gasteiger partial charge in [-0.25, -0.2) is 0 Å². The van der Waals surface area contributed by atoms with E-state index in [9.17, 15) is 0 Å². The van der Waals surface area contributed by atoms with Gasteiger partial charge in [-0.05, 0) is 53.8 Å². The molecule has 2 saturated carbocycles. The van der Waals surface area contributed by atoms with Gasteiger partial charge in [0.15, 0.2) is 0 Å². The highest BCUT2D eigenvalue weighted by atomic mass is 14.7. The molecular weight excluding hydrogens is 192 g/mol. The number of hydrogen-bond donors (Lipinski definition) is 0. The van der Waals surface area contributed by atoms with E-state index in [2.05, 4.69) is 41.5 Å². The van der Waals surface area contributed by atoms with E-state index in [1.165, 1.54) is 38.5 Å². The Morgan fingerprint density at radius 2 is 1.38 bits per heavy atom. The third-order valence-corrected chi connectivity index (χ3v) is 5.30. The van der Waals surface area contributed by atoms with E-state index in [-0.39, 0.29) is 0 Å². The van der Waals surface area contributed by atoms with E-state index in [4.69, 9.17) is 0 Å². The topological polar surface area (TPSA) is 0 Å². The minimum Gasteiger partial charge on any atom is -0.0602 e. The fraction of sp³-hybridized carbons (Fsp3) is 1.00. The first-order valence-electron chi connectivity index (χ1n) is 7.08. The Morgan fingerprint density at radius 3 is 1.62 bits per heavy atom. The molecule has 0 heteroatoms. The summed E-state index contributed by atoms with van der Waals surface area (Å²) in [5.74, 6) is 0. The summed E-state index contributed by atoms with van der Waals surface area (Å²) in [4.78, 5) is 0. The molecule has 0 aromatic carbocycles. The predicted molar refractivity (Wildman–Crippen MR) is 71.5 cm³/mol. The maximum atomic E-state index is 2.46. The molecule has 0 radical (unpaired) electrons. The van der Waals surface area contributed by atoms with Gasteiger partial charge in [0.2, 0.25) is 0 Å². The van der Waals surface area contributed by atoms with Crippen molar-refractivity contribution in [3.8, 4) is 0 Å². The van der Waals surface area contributed by atoms with Gasteiger partial charge in [-0.1, -0.05) is 48.0 Å². The first-order valence-corrected chi connectivity index (χ1v) is 7.08. The Balaban J connectivity index is 2.11. The molecule has 0 bridgehead atoms. The van der Waals surface area contributed by atoms with Crippen molar-refractivity contribution >= 4 is 0 Å². The molecule has 0 unspecified atom stereocenters. The number of rotatable bonds is 1. The Morgan fingerprint density at radius 1 is 0.875 bits per heavy atom. The van der Waals surface area contributed by atoms with Crippen LogP contribution in [0.4, 0.5) is 0 Å². The second-order valence-corrected chi connectivity index (χ2v) is 8.97. The fourth-order valence-corrected chi connectivity index (χ4v) is 4.35. The van der Waals surface area contributed by atoms with Gasteiger partial charge in [-0.15, -0.1) is 0 Å². The average Bonchev–Trinajstić information content (AvgIpc) is 1.86. The van der Waals surface area contributed by atoms with Gasteiger partial charge in [0.25, 0.3) is 0 Å². The maximum Gasteiger partial charge on any atom is -0.0233 e. The van der Waals surface area contributed by atoms with Gasteiger partial charge in [-0.3, -0.25) is 0 Å². The molecule has 0 amide bonds.